The molecule has 1 saturated carbocycles. The van der Waals surface area contributed by atoms with Crippen molar-refractivity contribution < 1.29 is 14.7 Å². The highest BCUT2D eigenvalue weighted by Gasteiger charge is 2.47. The molecule has 15 heavy (non-hydrogen) atoms. The van der Waals surface area contributed by atoms with Crippen LogP contribution in [0.1, 0.15) is 13.3 Å². The molecule has 4 heteroatoms. The van der Waals surface area contributed by atoms with Gasteiger partial charge in [-0.05, 0) is 18.3 Å². The molecule has 0 aromatic carbocycles. The van der Waals surface area contributed by atoms with Crippen molar-refractivity contribution in [3.8, 4) is 0 Å². The highest BCUT2D eigenvalue weighted by atomic mass is 16.4. The summed E-state index contributed by atoms with van der Waals surface area (Å²) in [6, 6.07) is 0. The third-order valence-corrected chi connectivity index (χ3v) is 3.24. The van der Waals surface area contributed by atoms with Crippen molar-refractivity contribution in [2.45, 2.75) is 13.3 Å². The first kappa shape index (κ1) is 11.8. The summed E-state index contributed by atoms with van der Waals surface area (Å²) in [7, 11) is 1.54. The number of carboxylic acid groups (broad SMARTS) is 1. The molecule has 0 aromatic heterocycles. The van der Waals surface area contributed by atoms with Gasteiger partial charge in [-0.1, -0.05) is 13.0 Å². The summed E-state index contributed by atoms with van der Waals surface area (Å²) >= 11 is 0. The number of hydrogen-bond acceptors (Lipinski definition) is 2. The molecule has 4 unspecified atom stereocenters. The van der Waals surface area contributed by atoms with Crippen LogP contribution in [0.2, 0.25) is 0 Å². The van der Waals surface area contributed by atoms with E-state index in [1.54, 1.807) is 6.08 Å². The third-order valence-electron chi connectivity index (χ3n) is 3.24. The first-order valence-electron chi connectivity index (χ1n) is 5.09. The summed E-state index contributed by atoms with van der Waals surface area (Å²) in [5, 5.41) is 11.6. The lowest BCUT2D eigenvalue weighted by molar-refractivity contribution is -0.147. The molecule has 0 heterocycles. The fourth-order valence-electron chi connectivity index (χ4n) is 2.51. The smallest absolute Gasteiger partial charge is 0.307 e. The van der Waals surface area contributed by atoms with E-state index in [0.29, 0.717) is 0 Å². The number of allylic oxidation sites excluding steroid dienone is 1. The van der Waals surface area contributed by atoms with E-state index in [0.717, 1.165) is 6.42 Å². The standard InChI is InChI=1S/C11H17NO3/c1-4-7-5-6(2)8(10(13)12-3)9(7)11(14)15/h4,6-9H,1,5H2,2-3H3,(H,12,13)(H,14,15). The van der Waals surface area contributed by atoms with E-state index in [1.165, 1.54) is 7.05 Å². The topological polar surface area (TPSA) is 66.4 Å². The van der Waals surface area contributed by atoms with Crippen LogP contribution >= 0.6 is 0 Å². The maximum Gasteiger partial charge on any atom is 0.307 e. The lowest BCUT2D eigenvalue weighted by Gasteiger charge is -2.19. The maximum atomic E-state index is 11.6. The fourth-order valence-corrected chi connectivity index (χ4v) is 2.51. The van der Waals surface area contributed by atoms with Gasteiger partial charge in [-0.15, -0.1) is 6.58 Å². The first-order valence-corrected chi connectivity index (χ1v) is 5.09. The molecule has 1 aliphatic carbocycles. The summed E-state index contributed by atoms with van der Waals surface area (Å²) in [5.41, 5.74) is 0. The van der Waals surface area contributed by atoms with Gasteiger partial charge in [0.05, 0.1) is 11.8 Å². The molecule has 4 nitrogen and oxygen atoms in total. The van der Waals surface area contributed by atoms with Crippen LogP contribution in [0, 0.1) is 23.7 Å². The zero-order chi connectivity index (χ0) is 11.6. The number of carboxylic acids is 1. The number of rotatable bonds is 3. The summed E-state index contributed by atoms with van der Waals surface area (Å²) in [6.07, 6.45) is 2.37. The largest absolute Gasteiger partial charge is 0.481 e. The van der Waals surface area contributed by atoms with Gasteiger partial charge in [0.2, 0.25) is 5.91 Å². The summed E-state index contributed by atoms with van der Waals surface area (Å²) in [6.45, 7) is 5.55. The fraction of sp³-hybridized carbons (Fsp3) is 0.636. The van der Waals surface area contributed by atoms with Gasteiger partial charge in [-0.2, -0.15) is 0 Å². The molecule has 0 aromatic rings. The maximum absolute atomic E-state index is 11.6. The Labute approximate surface area is 89.4 Å². The molecule has 1 aliphatic rings. The number of amides is 1. The van der Waals surface area contributed by atoms with Crippen LogP contribution in [0.25, 0.3) is 0 Å². The van der Waals surface area contributed by atoms with Gasteiger partial charge in [0.1, 0.15) is 0 Å². The van der Waals surface area contributed by atoms with Crippen molar-refractivity contribution >= 4 is 11.9 Å². The number of aliphatic carboxylic acids is 1. The Morgan fingerprint density at radius 2 is 2.07 bits per heavy atom. The molecule has 1 fully saturated rings. The van der Waals surface area contributed by atoms with Gasteiger partial charge in [0, 0.05) is 7.05 Å². The Kier molecular flexibility index (Phi) is 3.50. The average molecular weight is 211 g/mol. The van der Waals surface area contributed by atoms with Crippen LogP contribution in [0.4, 0.5) is 0 Å². The van der Waals surface area contributed by atoms with Gasteiger partial charge < -0.3 is 10.4 Å². The zero-order valence-electron chi connectivity index (χ0n) is 9.06. The van der Waals surface area contributed by atoms with Crippen molar-refractivity contribution in [1.29, 1.82) is 0 Å². The number of carbonyl (C=O) groups excluding carboxylic acids is 1. The monoisotopic (exact) mass is 211 g/mol. The van der Waals surface area contributed by atoms with Crippen LogP contribution in [-0.4, -0.2) is 24.0 Å². The molecule has 4 atom stereocenters. The SMILES string of the molecule is C=CC1CC(C)C(C(=O)NC)C1C(=O)O. The van der Waals surface area contributed by atoms with Crippen LogP contribution in [0.15, 0.2) is 12.7 Å². The van der Waals surface area contributed by atoms with Gasteiger partial charge in [0.25, 0.3) is 0 Å². The Morgan fingerprint density at radius 3 is 2.47 bits per heavy atom. The van der Waals surface area contributed by atoms with Crippen molar-refractivity contribution in [3.63, 3.8) is 0 Å². The van der Waals surface area contributed by atoms with Crippen molar-refractivity contribution in [2.75, 3.05) is 7.05 Å². The van der Waals surface area contributed by atoms with Crippen LogP contribution in [0.3, 0.4) is 0 Å². The molecular formula is C11H17NO3. The van der Waals surface area contributed by atoms with Crippen LogP contribution in [-0.2, 0) is 9.59 Å². The summed E-state index contributed by atoms with van der Waals surface area (Å²) < 4.78 is 0. The highest BCUT2D eigenvalue weighted by molar-refractivity contribution is 5.85. The van der Waals surface area contributed by atoms with Crippen molar-refractivity contribution in [2.24, 2.45) is 23.7 Å². The van der Waals surface area contributed by atoms with Crippen LogP contribution in [0.5, 0.6) is 0 Å². The minimum Gasteiger partial charge on any atom is -0.481 e. The quantitative estimate of drug-likeness (QED) is 0.681. The molecular weight excluding hydrogens is 194 g/mol. The van der Waals surface area contributed by atoms with E-state index >= 15 is 0 Å². The van der Waals surface area contributed by atoms with Gasteiger partial charge >= 0.3 is 5.97 Å². The van der Waals surface area contributed by atoms with E-state index in [2.05, 4.69) is 11.9 Å². The lowest BCUT2D eigenvalue weighted by Crippen LogP contribution is -2.37. The molecule has 1 rings (SSSR count). The second-order valence-electron chi connectivity index (χ2n) is 4.12. The average Bonchev–Trinajstić information content (AvgIpc) is 2.54. The van der Waals surface area contributed by atoms with Gasteiger partial charge in [0.15, 0.2) is 0 Å². The summed E-state index contributed by atoms with van der Waals surface area (Å²) in [5.74, 6) is -2.15. The molecule has 0 aliphatic heterocycles. The normalized spacial score (nSPS) is 34.8. The number of nitrogens with one attached hydrogen (secondary N) is 1. The van der Waals surface area contributed by atoms with Crippen molar-refractivity contribution in [3.05, 3.63) is 12.7 Å². The first-order chi connectivity index (χ1) is 7.02. The van der Waals surface area contributed by atoms with E-state index in [1.807, 2.05) is 6.92 Å². The third kappa shape index (κ3) is 2.03. The molecule has 0 spiro atoms. The molecule has 1 amide bonds. The Morgan fingerprint density at radius 1 is 1.47 bits per heavy atom. The molecule has 84 valence electrons. The number of hydrogen-bond donors (Lipinski definition) is 2. The second kappa shape index (κ2) is 4.47. The predicted molar refractivity (Wildman–Crippen MR) is 56.2 cm³/mol. The minimum atomic E-state index is -0.905. The van der Waals surface area contributed by atoms with E-state index in [9.17, 15) is 9.59 Å². The van der Waals surface area contributed by atoms with Crippen molar-refractivity contribution in [1.82, 2.24) is 5.32 Å². The zero-order valence-corrected chi connectivity index (χ0v) is 9.06. The Hall–Kier alpha value is -1.32. The van der Waals surface area contributed by atoms with Gasteiger partial charge in [-0.3, -0.25) is 9.59 Å². The van der Waals surface area contributed by atoms with Gasteiger partial charge in [-0.25, -0.2) is 0 Å². The molecule has 0 bridgehead atoms. The lowest BCUT2D eigenvalue weighted by atomic mass is 9.87. The number of carbonyl (C=O) groups is 2. The molecule has 0 saturated heterocycles. The Balaban J connectivity index is 2.96. The molecule has 0 radical (unpaired) electrons. The van der Waals surface area contributed by atoms with E-state index in [4.69, 9.17) is 5.11 Å². The molecule has 2 N–H and O–H groups in total. The second-order valence-corrected chi connectivity index (χ2v) is 4.12. The van der Waals surface area contributed by atoms with Crippen LogP contribution < -0.4 is 5.32 Å². The minimum absolute atomic E-state index is 0.0917. The Bertz CT molecular complexity index is 288. The highest BCUT2D eigenvalue weighted by Crippen LogP contribution is 2.42. The van der Waals surface area contributed by atoms with E-state index in [-0.39, 0.29) is 17.7 Å². The predicted octanol–water partition coefficient (Wildman–Crippen LogP) is 0.891. The van der Waals surface area contributed by atoms with E-state index < -0.39 is 17.8 Å². The summed E-state index contributed by atoms with van der Waals surface area (Å²) in [4.78, 5) is 22.7.